The Labute approximate surface area is 83.9 Å². The zero-order valence-corrected chi connectivity index (χ0v) is 8.94. The molecule has 0 heterocycles. The van der Waals surface area contributed by atoms with E-state index in [0.717, 1.165) is 12.8 Å². The fraction of sp³-hybridized carbons (Fsp3) is 1.00. The molecule has 78 valence electrons. The van der Waals surface area contributed by atoms with Crippen molar-refractivity contribution in [1.29, 1.82) is 0 Å². The molecule has 2 fully saturated rings. The first kappa shape index (κ1) is 9.81. The van der Waals surface area contributed by atoms with Crippen LogP contribution < -0.4 is 0 Å². The number of azide groups is 1. The molecule has 0 saturated heterocycles. The number of hydrogen-bond acceptors (Lipinski definition) is 2. The summed E-state index contributed by atoms with van der Waals surface area (Å²) in [5, 5.41) is 13.7. The third-order valence-electron chi connectivity index (χ3n) is 4.39. The second-order valence-corrected chi connectivity index (χ2v) is 5.54. The van der Waals surface area contributed by atoms with Crippen molar-refractivity contribution < 1.29 is 5.11 Å². The van der Waals surface area contributed by atoms with Gasteiger partial charge >= 0.3 is 0 Å². The highest BCUT2D eigenvalue weighted by Gasteiger charge is 2.63. The first-order valence-electron chi connectivity index (χ1n) is 5.16. The summed E-state index contributed by atoms with van der Waals surface area (Å²) in [7, 11) is 0. The lowest BCUT2D eigenvalue weighted by Gasteiger charge is -2.33. The van der Waals surface area contributed by atoms with Crippen molar-refractivity contribution in [3.63, 3.8) is 0 Å². The number of nitrogens with zero attached hydrogens (tertiary/aromatic N) is 3. The van der Waals surface area contributed by atoms with Gasteiger partial charge < -0.3 is 5.11 Å². The Kier molecular flexibility index (Phi) is 1.85. The molecule has 4 nitrogen and oxygen atoms in total. The minimum atomic E-state index is -0.580. The number of hydrogen-bond donors (Lipinski definition) is 1. The topological polar surface area (TPSA) is 69.0 Å². The van der Waals surface area contributed by atoms with Crippen LogP contribution in [-0.4, -0.2) is 16.7 Å². The molecule has 0 aromatic carbocycles. The van der Waals surface area contributed by atoms with Gasteiger partial charge in [0.1, 0.15) is 0 Å². The molecule has 2 aliphatic rings. The average molecular weight is 195 g/mol. The van der Waals surface area contributed by atoms with E-state index >= 15 is 0 Å². The van der Waals surface area contributed by atoms with E-state index in [1.54, 1.807) is 0 Å². The van der Waals surface area contributed by atoms with Gasteiger partial charge in [-0.2, -0.15) is 0 Å². The van der Waals surface area contributed by atoms with Gasteiger partial charge in [-0.1, -0.05) is 25.9 Å². The van der Waals surface area contributed by atoms with Crippen molar-refractivity contribution in [3.05, 3.63) is 10.4 Å². The van der Waals surface area contributed by atoms with Crippen molar-refractivity contribution >= 4 is 0 Å². The van der Waals surface area contributed by atoms with Gasteiger partial charge in [-0.15, -0.1) is 0 Å². The average Bonchev–Trinajstić information content (AvgIpc) is 2.56. The fourth-order valence-corrected chi connectivity index (χ4v) is 3.02. The molecule has 0 spiro atoms. The van der Waals surface area contributed by atoms with E-state index in [2.05, 4.69) is 23.9 Å². The molecule has 2 saturated carbocycles. The third-order valence-corrected chi connectivity index (χ3v) is 4.39. The summed E-state index contributed by atoms with van der Waals surface area (Å²) >= 11 is 0. The van der Waals surface area contributed by atoms with Crippen molar-refractivity contribution in [2.24, 2.45) is 22.4 Å². The van der Waals surface area contributed by atoms with Gasteiger partial charge in [0.15, 0.2) is 0 Å². The fourth-order valence-electron chi connectivity index (χ4n) is 3.02. The highest BCUT2D eigenvalue weighted by Crippen LogP contribution is 2.66. The molecule has 0 amide bonds. The van der Waals surface area contributed by atoms with Gasteiger partial charge in [-0.25, -0.2) is 0 Å². The summed E-state index contributed by atoms with van der Waals surface area (Å²) < 4.78 is 0. The van der Waals surface area contributed by atoms with Crippen LogP contribution in [0.15, 0.2) is 5.11 Å². The van der Waals surface area contributed by atoms with Crippen LogP contribution in [0, 0.1) is 17.3 Å². The molecule has 0 bridgehead atoms. The molecule has 0 aliphatic heterocycles. The standard InChI is InChI=1S/C10H17N3O/c1-9(2)6-4-8(14)10(3,12-13-11)5-7(6)9/h6-8,14H,4-5H2,1-3H3. The second kappa shape index (κ2) is 2.65. The molecule has 0 radical (unpaired) electrons. The Bertz CT molecular complexity index is 308. The van der Waals surface area contributed by atoms with Crippen LogP contribution >= 0.6 is 0 Å². The quantitative estimate of drug-likeness (QED) is 0.390. The van der Waals surface area contributed by atoms with Crippen LogP contribution in [-0.2, 0) is 0 Å². The summed E-state index contributed by atoms with van der Waals surface area (Å²) in [5.41, 5.74) is 8.24. The molecule has 2 aliphatic carbocycles. The van der Waals surface area contributed by atoms with E-state index in [9.17, 15) is 5.11 Å². The summed E-state index contributed by atoms with van der Waals surface area (Å²) in [6.45, 7) is 6.33. The molecule has 0 aromatic rings. The molecule has 4 heteroatoms. The lowest BCUT2D eigenvalue weighted by Crippen LogP contribution is -2.40. The maximum absolute atomic E-state index is 9.92. The van der Waals surface area contributed by atoms with Crippen LogP contribution in [0.4, 0.5) is 0 Å². The third kappa shape index (κ3) is 1.14. The van der Waals surface area contributed by atoms with E-state index in [4.69, 9.17) is 5.53 Å². The van der Waals surface area contributed by atoms with Gasteiger partial charge in [0.05, 0.1) is 11.6 Å². The van der Waals surface area contributed by atoms with E-state index in [-0.39, 0.29) is 0 Å². The highest BCUT2D eigenvalue weighted by atomic mass is 16.3. The smallest absolute Gasteiger partial charge is 0.0721 e. The van der Waals surface area contributed by atoms with Crippen LogP contribution in [0.3, 0.4) is 0 Å². The van der Waals surface area contributed by atoms with Gasteiger partial charge in [-0.3, -0.25) is 0 Å². The Morgan fingerprint density at radius 3 is 2.57 bits per heavy atom. The molecule has 4 unspecified atom stereocenters. The first-order valence-corrected chi connectivity index (χ1v) is 5.16. The normalized spacial score (nSPS) is 49.0. The van der Waals surface area contributed by atoms with E-state index in [1.807, 2.05) is 6.92 Å². The predicted molar refractivity (Wildman–Crippen MR) is 53.6 cm³/mol. The zero-order valence-electron chi connectivity index (χ0n) is 8.94. The monoisotopic (exact) mass is 195 g/mol. The molecule has 14 heavy (non-hydrogen) atoms. The molecule has 1 N–H and O–H groups in total. The molecular formula is C10H17N3O. The SMILES string of the molecule is CC1(N=[N+]=[N-])CC2C(CC1O)C2(C)C. The maximum atomic E-state index is 9.92. The van der Waals surface area contributed by atoms with E-state index in [0.29, 0.717) is 17.3 Å². The minimum absolute atomic E-state index is 0.337. The Morgan fingerprint density at radius 1 is 1.36 bits per heavy atom. The zero-order chi connectivity index (χ0) is 10.6. The van der Waals surface area contributed by atoms with E-state index < -0.39 is 11.6 Å². The van der Waals surface area contributed by atoms with Crippen molar-refractivity contribution in [1.82, 2.24) is 0 Å². The van der Waals surface area contributed by atoms with Crippen LogP contribution in [0.2, 0.25) is 0 Å². The number of fused-ring (bicyclic) bond motifs is 1. The number of rotatable bonds is 1. The second-order valence-electron chi connectivity index (χ2n) is 5.54. The minimum Gasteiger partial charge on any atom is -0.392 e. The summed E-state index contributed by atoms with van der Waals surface area (Å²) in [5.74, 6) is 1.25. The number of aliphatic hydroxyl groups is 1. The van der Waals surface area contributed by atoms with Gasteiger partial charge in [0, 0.05) is 4.91 Å². The lowest BCUT2D eigenvalue weighted by molar-refractivity contribution is 0.0529. The molecule has 0 aromatic heterocycles. The lowest BCUT2D eigenvalue weighted by atomic mass is 9.81. The van der Waals surface area contributed by atoms with Crippen molar-refractivity contribution in [3.8, 4) is 0 Å². The van der Waals surface area contributed by atoms with Gasteiger partial charge in [-0.05, 0) is 35.6 Å². The Morgan fingerprint density at radius 2 is 2.00 bits per heavy atom. The molecule has 4 atom stereocenters. The predicted octanol–water partition coefficient (Wildman–Crippen LogP) is 2.48. The van der Waals surface area contributed by atoms with Crippen LogP contribution in [0.25, 0.3) is 10.4 Å². The largest absolute Gasteiger partial charge is 0.392 e. The van der Waals surface area contributed by atoms with Gasteiger partial charge in [0.25, 0.3) is 0 Å². The van der Waals surface area contributed by atoms with Crippen LogP contribution in [0.5, 0.6) is 0 Å². The first-order chi connectivity index (χ1) is 6.42. The summed E-state index contributed by atoms with van der Waals surface area (Å²) in [6.07, 6.45) is 1.14. The van der Waals surface area contributed by atoms with Crippen LogP contribution in [0.1, 0.15) is 33.6 Å². The highest BCUT2D eigenvalue weighted by molar-refractivity contribution is 5.15. The summed E-state index contributed by atoms with van der Waals surface area (Å²) in [4.78, 5) is 2.85. The maximum Gasteiger partial charge on any atom is 0.0721 e. The van der Waals surface area contributed by atoms with Gasteiger partial charge in [0.2, 0.25) is 0 Å². The molecular weight excluding hydrogens is 178 g/mol. The number of aliphatic hydroxyl groups excluding tert-OH is 1. The van der Waals surface area contributed by atoms with Crippen molar-refractivity contribution in [2.45, 2.75) is 45.3 Å². The Balaban J connectivity index is 2.21. The molecule has 2 rings (SSSR count). The van der Waals surface area contributed by atoms with Crippen molar-refractivity contribution in [2.75, 3.05) is 0 Å². The Hall–Kier alpha value is -0.730. The summed E-state index contributed by atoms with van der Waals surface area (Å²) in [6, 6.07) is 0. The van der Waals surface area contributed by atoms with E-state index in [1.165, 1.54) is 0 Å².